The normalized spacial score (nSPS) is 13.7. The number of carbonyl (C=O) groups excluding carboxylic acids is 1. The SMILES string of the molecule is CC1(C)c2ccccc2C(=O)c2cc(-c3ccc4c(c3)N(c3ccccc3)c3cc(-c5ccc6c(c5)c5ccccc5n6-c5ccccc5)ccc3N4c3ccccc3)ccc21. The fourth-order valence-electron chi connectivity index (χ4n) is 10.1. The first-order valence-electron chi connectivity index (χ1n) is 21.3. The molecule has 0 N–H and O–H groups in total. The second-order valence-electron chi connectivity index (χ2n) is 16.9. The zero-order valence-corrected chi connectivity index (χ0v) is 34.5. The highest BCUT2D eigenvalue weighted by molar-refractivity contribution is 6.14. The molecule has 9 aromatic carbocycles. The molecule has 4 heteroatoms. The highest BCUT2D eigenvalue weighted by atomic mass is 16.1. The molecule has 0 atom stereocenters. The van der Waals surface area contributed by atoms with E-state index in [0.29, 0.717) is 0 Å². The predicted octanol–water partition coefficient (Wildman–Crippen LogP) is 15.2. The second-order valence-corrected chi connectivity index (χ2v) is 16.9. The number of nitrogens with zero attached hydrogens (tertiary/aromatic N) is 3. The van der Waals surface area contributed by atoms with Crippen molar-refractivity contribution in [1.29, 1.82) is 0 Å². The van der Waals surface area contributed by atoms with Crippen molar-refractivity contribution in [3.05, 3.63) is 235 Å². The summed E-state index contributed by atoms with van der Waals surface area (Å²) in [4.78, 5) is 18.9. The van der Waals surface area contributed by atoms with E-state index in [1.165, 1.54) is 21.8 Å². The minimum absolute atomic E-state index is 0.0835. The Morgan fingerprint density at radius 3 is 1.48 bits per heavy atom. The van der Waals surface area contributed by atoms with E-state index in [1.807, 2.05) is 18.2 Å². The summed E-state index contributed by atoms with van der Waals surface area (Å²) in [6.45, 7) is 4.44. The number of benzene rings is 9. The smallest absolute Gasteiger partial charge is 0.193 e. The van der Waals surface area contributed by atoms with E-state index in [0.717, 1.165) is 84.3 Å². The van der Waals surface area contributed by atoms with Gasteiger partial charge in [-0.3, -0.25) is 4.79 Å². The highest BCUT2D eigenvalue weighted by Gasteiger charge is 2.37. The van der Waals surface area contributed by atoms with Gasteiger partial charge in [0.15, 0.2) is 5.78 Å². The first kappa shape index (κ1) is 35.9. The number of fused-ring (bicyclic) bond motifs is 7. The summed E-state index contributed by atoms with van der Waals surface area (Å²) in [5, 5.41) is 2.45. The molecule has 2 aliphatic rings. The summed E-state index contributed by atoms with van der Waals surface area (Å²) in [6.07, 6.45) is 0. The number of rotatable bonds is 5. The molecule has 0 bridgehead atoms. The molecular formula is C58H41N3O. The lowest BCUT2D eigenvalue weighted by atomic mass is 9.68. The molecule has 0 fully saturated rings. The summed E-state index contributed by atoms with van der Waals surface area (Å²) < 4.78 is 2.36. The number of hydrogen-bond acceptors (Lipinski definition) is 3. The summed E-state index contributed by atoms with van der Waals surface area (Å²) in [7, 11) is 0. The number of carbonyl (C=O) groups is 1. The van der Waals surface area contributed by atoms with Crippen molar-refractivity contribution in [2.24, 2.45) is 0 Å². The molecule has 0 radical (unpaired) electrons. The van der Waals surface area contributed by atoms with E-state index in [2.05, 4.69) is 222 Å². The Morgan fingerprint density at radius 2 is 0.823 bits per heavy atom. The first-order chi connectivity index (χ1) is 30.4. The van der Waals surface area contributed by atoms with Crippen molar-refractivity contribution in [3.8, 4) is 27.9 Å². The summed E-state index contributed by atoms with van der Waals surface area (Å²) in [5.41, 5.74) is 17.7. The van der Waals surface area contributed by atoms with Gasteiger partial charge >= 0.3 is 0 Å². The molecule has 0 saturated carbocycles. The minimum Gasteiger partial charge on any atom is -0.309 e. The van der Waals surface area contributed by atoms with Crippen LogP contribution in [-0.4, -0.2) is 10.4 Å². The number of hydrogen-bond donors (Lipinski definition) is 0. The Balaban J connectivity index is 1.04. The van der Waals surface area contributed by atoms with Crippen LogP contribution in [0.1, 0.15) is 40.9 Å². The standard InChI is InChI=1S/C58H41N3O/c1-58(2)49-24-14-12-23-46(49)57(62)48-35-38(26-30-50(48)58)40-28-32-53-55(36-40)61(44-20-10-5-11-21-44)56-37-41(29-33-54(56)60(53)43-18-8-4-9-19-43)39-27-31-52-47(34-39)45-22-13-15-25-51(45)59(52)42-16-6-3-7-17-42/h3-37H,1-2H3. The van der Waals surface area contributed by atoms with Crippen LogP contribution < -0.4 is 9.80 Å². The fourth-order valence-corrected chi connectivity index (χ4v) is 10.1. The molecule has 2 heterocycles. The zero-order chi connectivity index (χ0) is 41.5. The minimum atomic E-state index is -0.292. The second kappa shape index (κ2) is 13.8. The number of ketones is 1. The third-order valence-corrected chi connectivity index (χ3v) is 13.1. The monoisotopic (exact) mass is 795 g/mol. The Labute approximate surface area is 361 Å². The van der Waals surface area contributed by atoms with E-state index in [-0.39, 0.29) is 11.2 Å². The molecule has 294 valence electrons. The van der Waals surface area contributed by atoms with Gasteiger partial charge in [0.2, 0.25) is 0 Å². The van der Waals surface area contributed by atoms with Gasteiger partial charge < -0.3 is 14.4 Å². The highest BCUT2D eigenvalue weighted by Crippen LogP contribution is 2.56. The molecular weight excluding hydrogens is 755 g/mol. The van der Waals surface area contributed by atoms with Crippen molar-refractivity contribution in [2.75, 3.05) is 9.80 Å². The lowest BCUT2D eigenvalue weighted by molar-refractivity contribution is 0.103. The van der Waals surface area contributed by atoms with E-state index < -0.39 is 0 Å². The topological polar surface area (TPSA) is 28.5 Å². The van der Waals surface area contributed by atoms with Crippen LogP contribution in [0, 0.1) is 0 Å². The molecule has 0 spiro atoms. The Bertz CT molecular complexity index is 3400. The quantitative estimate of drug-likeness (QED) is 0.174. The van der Waals surface area contributed by atoms with Crippen molar-refractivity contribution < 1.29 is 4.79 Å². The summed E-state index contributed by atoms with van der Waals surface area (Å²) >= 11 is 0. The zero-order valence-electron chi connectivity index (χ0n) is 34.5. The lowest BCUT2D eigenvalue weighted by Gasteiger charge is -2.41. The maximum Gasteiger partial charge on any atom is 0.193 e. The molecule has 12 rings (SSSR count). The molecule has 0 amide bonds. The first-order valence-corrected chi connectivity index (χ1v) is 21.3. The van der Waals surface area contributed by atoms with E-state index >= 15 is 0 Å². The fraction of sp³-hybridized carbons (Fsp3) is 0.0517. The van der Waals surface area contributed by atoms with E-state index in [4.69, 9.17) is 0 Å². The average molecular weight is 796 g/mol. The van der Waals surface area contributed by atoms with Crippen LogP contribution in [0.4, 0.5) is 34.1 Å². The number of aromatic nitrogens is 1. The van der Waals surface area contributed by atoms with Gasteiger partial charge in [0, 0.05) is 44.4 Å². The van der Waals surface area contributed by atoms with Gasteiger partial charge in [0.05, 0.1) is 33.8 Å². The van der Waals surface area contributed by atoms with Crippen LogP contribution in [0.25, 0.3) is 49.7 Å². The van der Waals surface area contributed by atoms with Crippen molar-refractivity contribution in [2.45, 2.75) is 19.3 Å². The third kappa shape index (κ3) is 5.43. The molecule has 1 aromatic heterocycles. The van der Waals surface area contributed by atoms with Gasteiger partial charge in [-0.25, -0.2) is 0 Å². The van der Waals surface area contributed by atoms with Gasteiger partial charge in [0.25, 0.3) is 0 Å². The molecule has 10 aromatic rings. The molecule has 1 aliphatic heterocycles. The molecule has 1 aliphatic carbocycles. The van der Waals surface area contributed by atoms with E-state index in [9.17, 15) is 4.79 Å². The number of anilines is 6. The Hall–Kier alpha value is -7.95. The van der Waals surface area contributed by atoms with Crippen LogP contribution in [0.5, 0.6) is 0 Å². The maximum absolute atomic E-state index is 14.1. The Kier molecular flexibility index (Phi) is 8.00. The lowest BCUT2D eigenvalue weighted by Crippen LogP contribution is -2.30. The predicted molar refractivity (Wildman–Crippen MR) is 257 cm³/mol. The van der Waals surface area contributed by atoms with Crippen LogP contribution in [-0.2, 0) is 5.41 Å². The van der Waals surface area contributed by atoms with E-state index in [1.54, 1.807) is 0 Å². The van der Waals surface area contributed by atoms with Crippen LogP contribution in [0.3, 0.4) is 0 Å². The molecule has 0 saturated heterocycles. The molecule has 4 nitrogen and oxygen atoms in total. The number of para-hydroxylation sites is 4. The Morgan fingerprint density at radius 1 is 0.355 bits per heavy atom. The van der Waals surface area contributed by atoms with Crippen molar-refractivity contribution in [3.63, 3.8) is 0 Å². The van der Waals surface area contributed by atoms with Gasteiger partial charge in [-0.1, -0.05) is 141 Å². The van der Waals surface area contributed by atoms with Crippen molar-refractivity contribution in [1.82, 2.24) is 4.57 Å². The van der Waals surface area contributed by atoms with Gasteiger partial charge in [-0.2, -0.15) is 0 Å². The summed E-state index contributed by atoms with van der Waals surface area (Å²) in [6, 6.07) is 75.6. The summed E-state index contributed by atoms with van der Waals surface area (Å²) in [5.74, 6) is 0.0835. The van der Waals surface area contributed by atoms with Crippen LogP contribution >= 0.6 is 0 Å². The van der Waals surface area contributed by atoms with Gasteiger partial charge in [-0.15, -0.1) is 0 Å². The van der Waals surface area contributed by atoms with Crippen LogP contribution in [0.2, 0.25) is 0 Å². The largest absolute Gasteiger partial charge is 0.309 e. The molecule has 0 unspecified atom stereocenters. The van der Waals surface area contributed by atoms with Crippen molar-refractivity contribution >= 4 is 61.7 Å². The van der Waals surface area contributed by atoms with Crippen LogP contribution in [0.15, 0.2) is 212 Å². The average Bonchev–Trinajstić information content (AvgIpc) is 3.66. The maximum atomic E-state index is 14.1. The molecule has 62 heavy (non-hydrogen) atoms. The third-order valence-electron chi connectivity index (χ3n) is 13.1. The van der Waals surface area contributed by atoms with Gasteiger partial charge in [-0.05, 0) is 118 Å². The van der Waals surface area contributed by atoms with Gasteiger partial charge in [0.1, 0.15) is 0 Å².